The second-order valence-electron chi connectivity index (χ2n) is 4.87. The van der Waals surface area contributed by atoms with E-state index in [4.69, 9.17) is 10.5 Å². The van der Waals surface area contributed by atoms with Crippen LogP contribution in [0.25, 0.3) is 0 Å². The molecule has 0 saturated carbocycles. The van der Waals surface area contributed by atoms with Gasteiger partial charge in [-0.2, -0.15) is 11.3 Å². The van der Waals surface area contributed by atoms with Gasteiger partial charge in [-0.15, -0.1) is 0 Å². The molecule has 2 amide bonds. The van der Waals surface area contributed by atoms with Crippen LogP contribution in [0.4, 0.5) is 5.69 Å². The van der Waals surface area contributed by atoms with E-state index in [-0.39, 0.29) is 6.42 Å². The Morgan fingerprint density at radius 2 is 1.91 bits per heavy atom. The molecule has 0 aliphatic carbocycles. The highest BCUT2D eigenvalue weighted by molar-refractivity contribution is 7.07. The molecule has 7 heteroatoms. The quantitative estimate of drug-likeness (QED) is 0.790. The maximum atomic E-state index is 12.0. The molecule has 3 N–H and O–H groups in total. The highest BCUT2D eigenvalue weighted by Crippen LogP contribution is 2.11. The molecular formula is C16H16N2O4S. The summed E-state index contributed by atoms with van der Waals surface area (Å²) in [6.07, 6.45) is -0.786. The van der Waals surface area contributed by atoms with Crippen LogP contribution in [0.15, 0.2) is 41.1 Å². The lowest BCUT2D eigenvalue weighted by atomic mass is 10.2. The number of hydrogen-bond acceptors (Lipinski definition) is 5. The van der Waals surface area contributed by atoms with Gasteiger partial charge in [-0.1, -0.05) is 0 Å². The van der Waals surface area contributed by atoms with Crippen molar-refractivity contribution >= 4 is 34.8 Å². The largest absolute Gasteiger partial charge is 0.452 e. The van der Waals surface area contributed by atoms with Gasteiger partial charge in [0.2, 0.25) is 5.91 Å². The Morgan fingerprint density at radius 3 is 2.48 bits per heavy atom. The van der Waals surface area contributed by atoms with Crippen LogP contribution in [0.1, 0.15) is 22.8 Å². The lowest BCUT2D eigenvalue weighted by Crippen LogP contribution is -2.30. The molecule has 120 valence electrons. The molecule has 6 nitrogen and oxygen atoms in total. The summed E-state index contributed by atoms with van der Waals surface area (Å²) in [7, 11) is 0. The van der Waals surface area contributed by atoms with Crippen molar-refractivity contribution in [3.8, 4) is 0 Å². The van der Waals surface area contributed by atoms with E-state index in [2.05, 4.69) is 5.32 Å². The van der Waals surface area contributed by atoms with Gasteiger partial charge in [0.05, 0.1) is 6.42 Å². The van der Waals surface area contributed by atoms with Crippen LogP contribution in [-0.2, 0) is 20.7 Å². The number of hydrogen-bond donors (Lipinski definition) is 2. The minimum Gasteiger partial charge on any atom is -0.452 e. The number of rotatable bonds is 6. The maximum Gasteiger partial charge on any atom is 0.311 e. The SMILES string of the molecule is C[C@H](OC(=O)Cc1ccsc1)C(=O)Nc1ccc(C(N)=O)cc1. The number of primary amides is 1. The van der Waals surface area contributed by atoms with Gasteiger partial charge in [-0.25, -0.2) is 0 Å². The third-order valence-electron chi connectivity index (χ3n) is 3.04. The summed E-state index contributed by atoms with van der Waals surface area (Å²) in [5, 5.41) is 6.33. The van der Waals surface area contributed by atoms with Gasteiger partial charge < -0.3 is 15.8 Å². The van der Waals surface area contributed by atoms with Crippen molar-refractivity contribution in [1.82, 2.24) is 0 Å². The van der Waals surface area contributed by atoms with Crippen LogP contribution in [0, 0.1) is 0 Å². The van der Waals surface area contributed by atoms with Crippen molar-refractivity contribution in [1.29, 1.82) is 0 Å². The van der Waals surface area contributed by atoms with Gasteiger partial charge in [-0.05, 0) is 53.6 Å². The molecule has 1 aromatic carbocycles. The number of nitrogens with one attached hydrogen (secondary N) is 1. The molecule has 23 heavy (non-hydrogen) atoms. The average molecular weight is 332 g/mol. The van der Waals surface area contributed by atoms with E-state index >= 15 is 0 Å². The number of carbonyl (C=O) groups is 3. The second kappa shape index (κ2) is 7.55. The second-order valence-corrected chi connectivity index (χ2v) is 5.65. The van der Waals surface area contributed by atoms with Crippen molar-refractivity contribution in [2.75, 3.05) is 5.32 Å². The van der Waals surface area contributed by atoms with E-state index in [1.807, 2.05) is 16.8 Å². The summed E-state index contributed by atoms with van der Waals surface area (Å²) in [6, 6.07) is 7.95. The number of nitrogens with two attached hydrogens (primary N) is 1. The molecule has 2 rings (SSSR count). The van der Waals surface area contributed by atoms with E-state index in [1.165, 1.54) is 30.4 Å². The number of ether oxygens (including phenoxy) is 1. The summed E-state index contributed by atoms with van der Waals surface area (Å²) < 4.78 is 5.10. The number of benzene rings is 1. The first-order valence-corrected chi connectivity index (χ1v) is 7.81. The van der Waals surface area contributed by atoms with Crippen molar-refractivity contribution in [3.63, 3.8) is 0 Å². The average Bonchev–Trinajstić information content (AvgIpc) is 3.00. The molecule has 0 bridgehead atoms. The minimum absolute atomic E-state index is 0.133. The lowest BCUT2D eigenvalue weighted by molar-refractivity contribution is -0.152. The summed E-state index contributed by atoms with van der Waals surface area (Å²) in [6.45, 7) is 1.50. The van der Waals surface area contributed by atoms with E-state index in [0.29, 0.717) is 11.3 Å². The third-order valence-corrected chi connectivity index (χ3v) is 3.78. The molecular weight excluding hydrogens is 316 g/mol. The van der Waals surface area contributed by atoms with Crippen LogP contribution in [0.2, 0.25) is 0 Å². The standard InChI is InChI=1S/C16H16N2O4S/c1-10(22-14(19)8-11-6-7-23-9-11)16(21)18-13-4-2-12(3-5-13)15(17)20/h2-7,9-10H,8H2,1H3,(H2,17,20)(H,18,21)/t10-/m0/s1. The molecule has 0 aliphatic rings. The van der Waals surface area contributed by atoms with Crippen LogP contribution in [-0.4, -0.2) is 23.9 Å². The fourth-order valence-electron chi connectivity index (χ4n) is 1.81. The summed E-state index contributed by atoms with van der Waals surface area (Å²) in [5.41, 5.74) is 6.83. The van der Waals surface area contributed by atoms with Crippen molar-refractivity contribution in [2.24, 2.45) is 5.73 Å². The Morgan fingerprint density at radius 1 is 1.22 bits per heavy atom. The van der Waals surface area contributed by atoms with Gasteiger partial charge in [0.15, 0.2) is 6.10 Å². The summed E-state index contributed by atoms with van der Waals surface area (Å²) >= 11 is 1.49. The highest BCUT2D eigenvalue weighted by atomic mass is 32.1. The summed E-state index contributed by atoms with van der Waals surface area (Å²) in [4.78, 5) is 34.7. The Labute approximate surface area is 137 Å². The monoisotopic (exact) mass is 332 g/mol. The Hall–Kier alpha value is -2.67. The van der Waals surface area contributed by atoms with Crippen LogP contribution in [0.5, 0.6) is 0 Å². The number of esters is 1. The number of anilines is 1. The molecule has 1 heterocycles. The lowest BCUT2D eigenvalue weighted by Gasteiger charge is -2.13. The maximum absolute atomic E-state index is 12.0. The van der Waals surface area contributed by atoms with E-state index in [9.17, 15) is 14.4 Å². The first kappa shape index (κ1) is 16.7. The molecule has 0 aliphatic heterocycles. The topological polar surface area (TPSA) is 98.5 Å². The van der Waals surface area contributed by atoms with E-state index in [0.717, 1.165) is 5.56 Å². The third kappa shape index (κ3) is 4.93. The molecule has 0 saturated heterocycles. The highest BCUT2D eigenvalue weighted by Gasteiger charge is 2.18. The zero-order chi connectivity index (χ0) is 16.8. The predicted octanol–water partition coefficient (Wildman–Crippen LogP) is 1.96. The zero-order valence-electron chi connectivity index (χ0n) is 12.4. The molecule has 0 spiro atoms. The van der Waals surface area contributed by atoms with Crippen molar-refractivity contribution in [3.05, 3.63) is 52.2 Å². The molecule has 0 unspecified atom stereocenters. The van der Waals surface area contributed by atoms with Gasteiger partial charge in [0, 0.05) is 11.3 Å². The molecule has 1 atom stereocenters. The molecule has 1 aromatic heterocycles. The Balaban J connectivity index is 1.86. The molecule has 0 fully saturated rings. The number of thiophene rings is 1. The normalized spacial score (nSPS) is 11.5. The van der Waals surface area contributed by atoms with Gasteiger partial charge >= 0.3 is 5.97 Å². The minimum atomic E-state index is -0.919. The first-order valence-electron chi connectivity index (χ1n) is 6.87. The smallest absolute Gasteiger partial charge is 0.311 e. The van der Waals surface area contributed by atoms with Crippen LogP contribution < -0.4 is 11.1 Å². The van der Waals surface area contributed by atoms with Crippen LogP contribution in [0.3, 0.4) is 0 Å². The fraction of sp³-hybridized carbons (Fsp3) is 0.188. The molecule has 0 radical (unpaired) electrons. The Kier molecular flexibility index (Phi) is 5.48. The predicted molar refractivity (Wildman–Crippen MR) is 87.2 cm³/mol. The Bertz CT molecular complexity index is 695. The zero-order valence-corrected chi connectivity index (χ0v) is 13.3. The molecule has 2 aromatic rings. The number of carbonyl (C=O) groups excluding carboxylic acids is 3. The fourth-order valence-corrected chi connectivity index (χ4v) is 2.48. The first-order chi connectivity index (χ1) is 11.0. The van der Waals surface area contributed by atoms with Gasteiger partial charge in [0.25, 0.3) is 5.91 Å². The van der Waals surface area contributed by atoms with E-state index < -0.39 is 23.9 Å². The van der Waals surface area contributed by atoms with Gasteiger partial charge in [0.1, 0.15) is 0 Å². The number of amides is 2. The van der Waals surface area contributed by atoms with Crippen LogP contribution >= 0.6 is 11.3 Å². The van der Waals surface area contributed by atoms with Gasteiger partial charge in [-0.3, -0.25) is 14.4 Å². The van der Waals surface area contributed by atoms with E-state index in [1.54, 1.807) is 12.1 Å². The van der Waals surface area contributed by atoms with Crippen molar-refractivity contribution in [2.45, 2.75) is 19.4 Å². The summed E-state index contributed by atoms with van der Waals surface area (Å²) in [5.74, 6) is -1.45. The van der Waals surface area contributed by atoms with Crippen molar-refractivity contribution < 1.29 is 19.1 Å².